The summed E-state index contributed by atoms with van der Waals surface area (Å²) in [4.78, 5) is 4.77. The summed E-state index contributed by atoms with van der Waals surface area (Å²) in [6.45, 7) is 0. The third-order valence-corrected chi connectivity index (χ3v) is 5.94. The molecule has 0 amide bonds. The number of hydrogen-bond donors (Lipinski definition) is 1. The summed E-state index contributed by atoms with van der Waals surface area (Å²) < 4.78 is 23.4. The van der Waals surface area contributed by atoms with Crippen LogP contribution in [0.4, 0.5) is 0 Å². The Labute approximate surface area is 92.1 Å². The summed E-state index contributed by atoms with van der Waals surface area (Å²) in [5.74, 6) is 0. The first-order valence-corrected chi connectivity index (χ1v) is 13.6. The Balaban J connectivity index is 3.17. The molecular weight excluding hydrogens is 305 g/mol. The molecule has 0 bridgehead atoms. The molecule has 0 saturated heterocycles. The fourth-order valence-electron chi connectivity index (χ4n) is 1.31. The molecule has 2 N–H and O–H groups in total. The van der Waals surface area contributed by atoms with E-state index in [0.717, 1.165) is 10.0 Å². The van der Waals surface area contributed by atoms with Crippen LogP contribution >= 0.6 is 0 Å². The Morgan fingerprint density at radius 3 is 2.36 bits per heavy atom. The van der Waals surface area contributed by atoms with Crippen LogP contribution in [0.15, 0.2) is 29.2 Å². The van der Waals surface area contributed by atoms with E-state index in [4.69, 9.17) is 5.14 Å². The standard InChI is InChI=1S/C7H8NO2S.2CH3.Sn/c1-6-4-2-3-5-7(6)11(8,9)10;;;/h2-5H,1H2,(H2,8,9,10);2*1H3;. The van der Waals surface area contributed by atoms with Gasteiger partial charge in [-0.15, -0.1) is 0 Å². The van der Waals surface area contributed by atoms with Crippen LogP contribution in [0.25, 0.3) is 0 Å². The molecule has 0 aromatic heterocycles. The fourth-order valence-corrected chi connectivity index (χ4v) is 5.50. The van der Waals surface area contributed by atoms with Gasteiger partial charge in [0.05, 0.1) is 0 Å². The van der Waals surface area contributed by atoms with E-state index >= 15 is 0 Å². The Morgan fingerprint density at radius 1 is 1.29 bits per heavy atom. The van der Waals surface area contributed by atoms with Gasteiger partial charge in [-0.3, -0.25) is 0 Å². The summed E-state index contributed by atoms with van der Waals surface area (Å²) in [6.07, 6.45) is 0. The first kappa shape index (κ1) is 12.0. The predicted octanol–water partition coefficient (Wildman–Crippen LogP) is 1.17. The molecular formula is C9H14NO2SSn. The number of rotatable bonds is 3. The molecule has 0 aliphatic rings. The molecule has 1 radical (unpaired) electrons. The third-order valence-electron chi connectivity index (χ3n) is 1.82. The van der Waals surface area contributed by atoms with Crippen molar-refractivity contribution in [3.8, 4) is 0 Å². The zero-order chi connectivity index (χ0) is 10.8. The van der Waals surface area contributed by atoms with E-state index in [-0.39, 0.29) is 0 Å². The van der Waals surface area contributed by atoms with Crippen LogP contribution in [0.3, 0.4) is 0 Å². The second-order valence-electron chi connectivity index (χ2n) is 3.54. The zero-order valence-corrected chi connectivity index (χ0v) is 12.0. The van der Waals surface area contributed by atoms with Gasteiger partial charge in [0.15, 0.2) is 0 Å². The SMILES string of the molecule is [CH3][Sn]([CH3])[CH2]c1ccccc1S(N)(=O)=O. The number of hydrogen-bond acceptors (Lipinski definition) is 2. The first-order valence-electron chi connectivity index (χ1n) is 4.31. The molecule has 1 rings (SSSR count). The van der Waals surface area contributed by atoms with Gasteiger partial charge >= 0.3 is 92.4 Å². The molecule has 0 unspecified atom stereocenters. The van der Waals surface area contributed by atoms with Crippen LogP contribution in [0.2, 0.25) is 9.88 Å². The van der Waals surface area contributed by atoms with E-state index < -0.39 is 29.8 Å². The average Bonchev–Trinajstić information content (AvgIpc) is 2.01. The van der Waals surface area contributed by atoms with Gasteiger partial charge < -0.3 is 0 Å². The van der Waals surface area contributed by atoms with Gasteiger partial charge in [0.25, 0.3) is 0 Å². The third kappa shape index (κ3) is 3.25. The van der Waals surface area contributed by atoms with Crippen molar-refractivity contribution < 1.29 is 8.42 Å². The van der Waals surface area contributed by atoms with Crippen molar-refractivity contribution in [2.45, 2.75) is 19.2 Å². The average molecular weight is 319 g/mol. The molecule has 3 nitrogen and oxygen atoms in total. The van der Waals surface area contributed by atoms with Gasteiger partial charge in [0.2, 0.25) is 0 Å². The second-order valence-corrected chi connectivity index (χ2v) is 13.0. The van der Waals surface area contributed by atoms with Gasteiger partial charge in [0.1, 0.15) is 0 Å². The van der Waals surface area contributed by atoms with Crippen LogP contribution < -0.4 is 5.14 Å². The van der Waals surface area contributed by atoms with Gasteiger partial charge in [-0.25, -0.2) is 0 Å². The Kier molecular flexibility index (Phi) is 3.97. The summed E-state index contributed by atoms with van der Waals surface area (Å²) in [7, 11) is -3.55. The fraction of sp³-hybridized carbons (Fsp3) is 0.333. The van der Waals surface area contributed by atoms with Crippen molar-refractivity contribution in [1.82, 2.24) is 0 Å². The van der Waals surface area contributed by atoms with Crippen molar-refractivity contribution >= 4 is 29.8 Å². The van der Waals surface area contributed by atoms with Crippen molar-refractivity contribution in [2.75, 3.05) is 0 Å². The Morgan fingerprint density at radius 2 is 1.86 bits per heavy atom. The van der Waals surface area contributed by atoms with Gasteiger partial charge in [-0.1, -0.05) is 0 Å². The number of benzene rings is 1. The number of nitrogens with two attached hydrogens (primary N) is 1. The van der Waals surface area contributed by atoms with E-state index in [9.17, 15) is 8.42 Å². The molecule has 0 saturated carbocycles. The molecule has 14 heavy (non-hydrogen) atoms. The molecule has 0 atom stereocenters. The van der Waals surface area contributed by atoms with Crippen molar-refractivity contribution in [2.24, 2.45) is 5.14 Å². The summed E-state index contributed by atoms with van der Waals surface area (Å²) in [5, 5.41) is 5.13. The van der Waals surface area contributed by atoms with Crippen molar-refractivity contribution in [1.29, 1.82) is 0 Å². The molecule has 1 aromatic rings. The van der Waals surface area contributed by atoms with Crippen LogP contribution in [-0.4, -0.2) is 28.2 Å². The maximum atomic E-state index is 11.2. The minimum atomic E-state index is -3.55. The molecule has 0 aliphatic heterocycles. The van der Waals surface area contributed by atoms with E-state index in [1.54, 1.807) is 12.1 Å². The molecule has 0 aliphatic carbocycles. The van der Waals surface area contributed by atoms with E-state index in [2.05, 4.69) is 9.88 Å². The van der Waals surface area contributed by atoms with Crippen molar-refractivity contribution in [3.63, 3.8) is 0 Å². The van der Waals surface area contributed by atoms with Crippen LogP contribution in [0.1, 0.15) is 5.56 Å². The maximum absolute atomic E-state index is 11.2. The van der Waals surface area contributed by atoms with E-state index in [0.29, 0.717) is 4.90 Å². The zero-order valence-electron chi connectivity index (χ0n) is 8.32. The molecule has 77 valence electrons. The van der Waals surface area contributed by atoms with Crippen molar-refractivity contribution in [3.05, 3.63) is 29.8 Å². The Bertz CT molecular complexity index is 415. The number of sulfonamides is 1. The summed E-state index contributed by atoms with van der Waals surface area (Å²) >= 11 is -1.33. The topological polar surface area (TPSA) is 60.2 Å². The monoisotopic (exact) mass is 320 g/mol. The minimum absolute atomic E-state index is 0.293. The molecule has 0 spiro atoms. The summed E-state index contributed by atoms with van der Waals surface area (Å²) in [6, 6.07) is 7.00. The second kappa shape index (κ2) is 4.63. The van der Waals surface area contributed by atoms with Crippen LogP contribution in [0, 0.1) is 0 Å². The van der Waals surface area contributed by atoms with Crippen LogP contribution in [-0.2, 0) is 14.5 Å². The summed E-state index contributed by atoms with van der Waals surface area (Å²) in [5.41, 5.74) is 0.884. The quantitative estimate of drug-likeness (QED) is 0.850. The van der Waals surface area contributed by atoms with Gasteiger partial charge in [-0.2, -0.15) is 0 Å². The Hall–Kier alpha value is -0.0713. The van der Waals surface area contributed by atoms with Crippen LogP contribution in [0.5, 0.6) is 0 Å². The predicted molar refractivity (Wildman–Crippen MR) is 59.0 cm³/mol. The molecule has 5 heteroatoms. The molecule has 0 fully saturated rings. The van der Waals surface area contributed by atoms with E-state index in [1.807, 2.05) is 12.1 Å². The molecule has 0 heterocycles. The first-order chi connectivity index (χ1) is 6.41. The molecule has 1 aromatic carbocycles. The van der Waals surface area contributed by atoms with E-state index in [1.165, 1.54) is 0 Å². The van der Waals surface area contributed by atoms with Gasteiger partial charge in [-0.05, 0) is 0 Å². The van der Waals surface area contributed by atoms with Gasteiger partial charge in [0, 0.05) is 0 Å². The normalized spacial score (nSPS) is 12.0. The number of primary sulfonamides is 1.